The first-order chi connectivity index (χ1) is 14.1. The molecule has 1 N–H and O–H groups in total. The zero-order valence-electron chi connectivity index (χ0n) is 16.5. The molecule has 3 aromatic rings. The number of aromatic nitrogens is 2. The molecule has 0 spiro atoms. The third kappa shape index (κ3) is 4.57. The van der Waals surface area contributed by atoms with E-state index in [0.29, 0.717) is 28.6 Å². The van der Waals surface area contributed by atoms with Gasteiger partial charge in [0.25, 0.3) is 0 Å². The molecule has 152 valence electrons. The van der Waals surface area contributed by atoms with Crippen LogP contribution in [0.25, 0.3) is 11.4 Å². The summed E-state index contributed by atoms with van der Waals surface area (Å²) in [5, 5.41) is 6.60. The molecule has 1 heterocycles. The molecule has 9 nitrogen and oxygen atoms in total. The van der Waals surface area contributed by atoms with Crippen molar-refractivity contribution in [2.45, 2.75) is 6.54 Å². The SMILES string of the molecule is COc1cc(CNC(=O)c2nc(-c3ccc(OC)c(OC)c3)no2)cc(OC)c1. The van der Waals surface area contributed by atoms with Crippen molar-refractivity contribution in [1.82, 2.24) is 15.5 Å². The lowest BCUT2D eigenvalue weighted by Gasteiger charge is -2.08. The van der Waals surface area contributed by atoms with Crippen LogP contribution >= 0.6 is 0 Å². The third-order valence-corrected chi connectivity index (χ3v) is 4.13. The molecule has 0 fully saturated rings. The lowest BCUT2D eigenvalue weighted by Crippen LogP contribution is -2.23. The van der Waals surface area contributed by atoms with Crippen LogP contribution in [-0.2, 0) is 6.54 Å². The van der Waals surface area contributed by atoms with Crippen molar-refractivity contribution in [3.63, 3.8) is 0 Å². The quantitative estimate of drug-likeness (QED) is 0.616. The standard InChI is InChI=1S/C20H21N3O6/c1-25-14-7-12(8-15(10-14)26-2)11-21-19(24)20-22-18(23-29-20)13-5-6-16(27-3)17(9-13)28-4/h5-10H,11H2,1-4H3,(H,21,24). The van der Waals surface area contributed by atoms with Crippen LogP contribution in [0, 0.1) is 0 Å². The summed E-state index contributed by atoms with van der Waals surface area (Å²) in [4.78, 5) is 16.5. The summed E-state index contributed by atoms with van der Waals surface area (Å²) in [6, 6.07) is 10.5. The van der Waals surface area contributed by atoms with Crippen molar-refractivity contribution in [3.8, 4) is 34.4 Å². The Bertz CT molecular complexity index is 979. The molecule has 1 aromatic heterocycles. The Morgan fingerprint density at radius 1 is 0.931 bits per heavy atom. The number of nitrogens with zero attached hydrogens (tertiary/aromatic N) is 2. The van der Waals surface area contributed by atoms with E-state index in [-0.39, 0.29) is 18.3 Å². The summed E-state index contributed by atoms with van der Waals surface area (Å²) in [7, 11) is 6.20. The normalized spacial score (nSPS) is 10.3. The first kappa shape index (κ1) is 20.0. The molecular weight excluding hydrogens is 378 g/mol. The molecule has 0 saturated carbocycles. The Morgan fingerprint density at radius 3 is 2.24 bits per heavy atom. The molecule has 0 atom stereocenters. The van der Waals surface area contributed by atoms with E-state index in [2.05, 4.69) is 15.5 Å². The second-order valence-corrected chi connectivity index (χ2v) is 5.90. The van der Waals surface area contributed by atoms with Crippen molar-refractivity contribution >= 4 is 5.91 Å². The van der Waals surface area contributed by atoms with Gasteiger partial charge in [-0.2, -0.15) is 4.98 Å². The highest BCUT2D eigenvalue weighted by atomic mass is 16.5. The van der Waals surface area contributed by atoms with Gasteiger partial charge in [-0.1, -0.05) is 5.16 Å². The number of carbonyl (C=O) groups is 1. The number of rotatable bonds is 8. The van der Waals surface area contributed by atoms with E-state index in [9.17, 15) is 4.79 Å². The summed E-state index contributed by atoms with van der Waals surface area (Å²) >= 11 is 0. The number of carbonyl (C=O) groups excluding carboxylic acids is 1. The molecule has 1 amide bonds. The van der Waals surface area contributed by atoms with Crippen LogP contribution in [0.3, 0.4) is 0 Å². The van der Waals surface area contributed by atoms with Gasteiger partial charge in [0.05, 0.1) is 28.4 Å². The summed E-state index contributed by atoms with van der Waals surface area (Å²) in [5.74, 6) is 1.97. The van der Waals surface area contributed by atoms with Crippen LogP contribution in [-0.4, -0.2) is 44.5 Å². The summed E-state index contributed by atoms with van der Waals surface area (Å²) < 4.78 is 26.0. The minimum atomic E-state index is -0.494. The van der Waals surface area contributed by atoms with Crippen LogP contribution in [0.15, 0.2) is 40.9 Å². The number of ether oxygens (including phenoxy) is 4. The Morgan fingerprint density at radius 2 is 1.62 bits per heavy atom. The van der Waals surface area contributed by atoms with E-state index in [1.165, 1.54) is 7.11 Å². The number of hydrogen-bond donors (Lipinski definition) is 1. The van der Waals surface area contributed by atoms with Gasteiger partial charge in [0.2, 0.25) is 5.82 Å². The van der Waals surface area contributed by atoms with E-state index >= 15 is 0 Å². The minimum Gasteiger partial charge on any atom is -0.497 e. The van der Waals surface area contributed by atoms with Gasteiger partial charge in [-0.05, 0) is 35.9 Å². The Kier molecular flexibility index (Phi) is 6.18. The van der Waals surface area contributed by atoms with E-state index in [1.54, 1.807) is 57.7 Å². The second-order valence-electron chi connectivity index (χ2n) is 5.90. The summed E-state index contributed by atoms with van der Waals surface area (Å²) in [6.07, 6.45) is 0. The van der Waals surface area contributed by atoms with E-state index < -0.39 is 5.91 Å². The first-order valence-electron chi connectivity index (χ1n) is 8.64. The smallest absolute Gasteiger partial charge is 0.316 e. The highest BCUT2D eigenvalue weighted by Gasteiger charge is 2.17. The fourth-order valence-corrected chi connectivity index (χ4v) is 2.63. The summed E-state index contributed by atoms with van der Waals surface area (Å²) in [6.45, 7) is 0.237. The van der Waals surface area contributed by atoms with Crippen molar-refractivity contribution in [1.29, 1.82) is 0 Å². The summed E-state index contributed by atoms with van der Waals surface area (Å²) in [5.41, 5.74) is 1.43. The molecule has 0 unspecified atom stereocenters. The van der Waals surface area contributed by atoms with Gasteiger partial charge in [-0.3, -0.25) is 4.79 Å². The van der Waals surface area contributed by atoms with Crippen LogP contribution in [0.2, 0.25) is 0 Å². The van der Waals surface area contributed by atoms with Gasteiger partial charge in [0.15, 0.2) is 11.5 Å². The lowest BCUT2D eigenvalue weighted by molar-refractivity contribution is 0.0907. The molecule has 0 aliphatic carbocycles. The van der Waals surface area contributed by atoms with Gasteiger partial charge in [-0.25, -0.2) is 0 Å². The van der Waals surface area contributed by atoms with Crippen molar-refractivity contribution in [2.75, 3.05) is 28.4 Å². The van der Waals surface area contributed by atoms with Crippen molar-refractivity contribution in [3.05, 3.63) is 47.9 Å². The van der Waals surface area contributed by atoms with Gasteiger partial charge in [-0.15, -0.1) is 0 Å². The number of hydrogen-bond acceptors (Lipinski definition) is 8. The maximum atomic E-state index is 12.4. The van der Waals surface area contributed by atoms with Gasteiger partial charge in [0.1, 0.15) is 11.5 Å². The van der Waals surface area contributed by atoms with Crippen LogP contribution in [0.5, 0.6) is 23.0 Å². The first-order valence-corrected chi connectivity index (χ1v) is 8.64. The molecule has 0 aliphatic heterocycles. The predicted octanol–water partition coefficient (Wildman–Crippen LogP) is 2.70. The zero-order chi connectivity index (χ0) is 20.8. The predicted molar refractivity (Wildman–Crippen MR) is 104 cm³/mol. The lowest BCUT2D eigenvalue weighted by atomic mass is 10.2. The average Bonchev–Trinajstić information content (AvgIpc) is 3.27. The Hall–Kier alpha value is -3.75. The maximum absolute atomic E-state index is 12.4. The molecule has 9 heteroatoms. The number of methoxy groups -OCH3 is 4. The van der Waals surface area contributed by atoms with E-state index in [0.717, 1.165) is 5.56 Å². The van der Waals surface area contributed by atoms with Crippen molar-refractivity contribution in [2.24, 2.45) is 0 Å². The highest BCUT2D eigenvalue weighted by molar-refractivity contribution is 5.89. The van der Waals surface area contributed by atoms with Crippen LogP contribution in [0.1, 0.15) is 16.2 Å². The highest BCUT2D eigenvalue weighted by Crippen LogP contribution is 2.31. The van der Waals surface area contributed by atoms with Crippen LogP contribution in [0.4, 0.5) is 0 Å². The maximum Gasteiger partial charge on any atom is 0.316 e. The van der Waals surface area contributed by atoms with E-state index in [4.69, 9.17) is 23.5 Å². The van der Waals surface area contributed by atoms with Gasteiger partial charge >= 0.3 is 11.8 Å². The molecule has 0 aliphatic rings. The van der Waals surface area contributed by atoms with Gasteiger partial charge in [0, 0.05) is 18.2 Å². The molecular formula is C20H21N3O6. The number of benzene rings is 2. The largest absolute Gasteiger partial charge is 0.497 e. The van der Waals surface area contributed by atoms with Crippen molar-refractivity contribution < 1.29 is 28.3 Å². The zero-order valence-corrected chi connectivity index (χ0v) is 16.5. The minimum absolute atomic E-state index is 0.148. The molecule has 2 aromatic carbocycles. The third-order valence-electron chi connectivity index (χ3n) is 4.13. The van der Waals surface area contributed by atoms with Gasteiger partial charge < -0.3 is 28.8 Å². The molecule has 0 bridgehead atoms. The molecule has 0 saturated heterocycles. The molecule has 3 rings (SSSR count). The monoisotopic (exact) mass is 399 g/mol. The number of amides is 1. The fraction of sp³-hybridized carbons (Fsp3) is 0.250. The second kappa shape index (κ2) is 8.96. The molecule has 0 radical (unpaired) electrons. The topological polar surface area (TPSA) is 105 Å². The number of nitrogens with one attached hydrogen (secondary N) is 1. The molecule has 29 heavy (non-hydrogen) atoms. The Balaban J connectivity index is 1.71. The average molecular weight is 399 g/mol. The fourth-order valence-electron chi connectivity index (χ4n) is 2.63. The Labute approximate surface area is 167 Å². The van der Waals surface area contributed by atoms with Crippen LogP contribution < -0.4 is 24.3 Å². The van der Waals surface area contributed by atoms with E-state index in [1.807, 2.05) is 0 Å².